The second kappa shape index (κ2) is 7.45. The molecule has 0 spiro atoms. The van der Waals surface area contributed by atoms with Gasteiger partial charge in [-0.1, -0.05) is 22.9 Å². The van der Waals surface area contributed by atoms with E-state index < -0.39 is 0 Å². The number of furan rings is 1. The van der Waals surface area contributed by atoms with Crippen LogP contribution in [0.5, 0.6) is 5.75 Å². The van der Waals surface area contributed by atoms with Gasteiger partial charge in [0.25, 0.3) is 0 Å². The highest BCUT2D eigenvalue weighted by Crippen LogP contribution is 2.22. The maximum atomic E-state index is 13.2. The van der Waals surface area contributed by atoms with E-state index in [4.69, 9.17) is 9.15 Å². The highest BCUT2D eigenvalue weighted by atomic mass is 79.9. The summed E-state index contributed by atoms with van der Waals surface area (Å²) >= 11 is 3.23. The third-order valence-corrected chi connectivity index (χ3v) is 3.24. The molecule has 0 bridgehead atoms. The normalized spacial score (nSPS) is 10.8. The Labute approximate surface area is 126 Å². The number of ether oxygens (including phenoxy) is 1. The van der Waals surface area contributed by atoms with Crippen LogP contribution in [0.4, 0.5) is 4.39 Å². The second-order valence-corrected chi connectivity index (χ2v) is 5.36. The van der Waals surface area contributed by atoms with Gasteiger partial charge >= 0.3 is 0 Å². The molecule has 1 aromatic heterocycles. The monoisotopic (exact) mass is 341 g/mol. The third-order valence-electron chi connectivity index (χ3n) is 2.79. The molecule has 0 saturated carbocycles. The van der Waals surface area contributed by atoms with Crippen LogP contribution in [0.15, 0.2) is 39.4 Å². The summed E-state index contributed by atoms with van der Waals surface area (Å²) in [5, 5.41) is 3.31. The topological polar surface area (TPSA) is 34.4 Å². The van der Waals surface area contributed by atoms with E-state index in [1.54, 1.807) is 12.3 Å². The lowest BCUT2D eigenvalue weighted by Gasteiger charge is -2.07. The van der Waals surface area contributed by atoms with E-state index in [-0.39, 0.29) is 12.4 Å². The summed E-state index contributed by atoms with van der Waals surface area (Å²) in [5.41, 5.74) is 1.06. The second-order valence-electron chi connectivity index (χ2n) is 4.44. The van der Waals surface area contributed by atoms with Gasteiger partial charge in [0, 0.05) is 22.6 Å². The van der Waals surface area contributed by atoms with Crippen LogP contribution < -0.4 is 10.1 Å². The Balaban J connectivity index is 1.95. The Bertz CT molecular complexity index is 536. The van der Waals surface area contributed by atoms with Crippen LogP contribution in [-0.4, -0.2) is 6.54 Å². The van der Waals surface area contributed by atoms with Crippen molar-refractivity contribution in [3.63, 3.8) is 0 Å². The third kappa shape index (κ3) is 4.35. The number of halogens is 2. The fourth-order valence-corrected chi connectivity index (χ4v) is 2.26. The standard InChI is InChI=1S/C15H17BrFNO2/c1-2-4-18-9-11-3-5-19-15(11)10-20-14-7-12(16)6-13(17)8-14/h3,5-8,18H,2,4,9-10H2,1H3. The molecule has 0 saturated heterocycles. The van der Waals surface area contributed by atoms with Gasteiger partial charge in [-0.15, -0.1) is 0 Å². The first kappa shape index (κ1) is 15.1. The molecule has 108 valence electrons. The van der Waals surface area contributed by atoms with Gasteiger partial charge in [-0.3, -0.25) is 0 Å². The molecule has 2 rings (SSSR count). The Kier molecular flexibility index (Phi) is 5.61. The predicted octanol–water partition coefficient (Wildman–Crippen LogP) is 4.26. The number of hydrogen-bond acceptors (Lipinski definition) is 3. The van der Waals surface area contributed by atoms with E-state index in [9.17, 15) is 4.39 Å². The molecule has 3 nitrogen and oxygen atoms in total. The average molecular weight is 342 g/mol. The van der Waals surface area contributed by atoms with E-state index in [2.05, 4.69) is 28.2 Å². The first-order valence-corrected chi connectivity index (χ1v) is 7.33. The lowest BCUT2D eigenvalue weighted by Crippen LogP contribution is -2.14. The first-order chi connectivity index (χ1) is 9.69. The average Bonchev–Trinajstić information content (AvgIpc) is 2.83. The fourth-order valence-electron chi connectivity index (χ4n) is 1.81. The molecule has 0 radical (unpaired) electrons. The van der Waals surface area contributed by atoms with Crippen LogP contribution in [0.1, 0.15) is 24.7 Å². The molecule has 0 aliphatic rings. The Hall–Kier alpha value is -1.33. The summed E-state index contributed by atoms with van der Waals surface area (Å²) < 4.78 is 24.9. The minimum absolute atomic E-state index is 0.284. The summed E-state index contributed by atoms with van der Waals surface area (Å²) in [6.07, 6.45) is 2.73. The number of benzene rings is 1. The van der Waals surface area contributed by atoms with E-state index in [0.29, 0.717) is 10.2 Å². The van der Waals surface area contributed by atoms with E-state index >= 15 is 0 Å². The summed E-state index contributed by atoms with van der Waals surface area (Å²) in [7, 11) is 0. The first-order valence-electron chi connectivity index (χ1n) is 6.54. The molecule has 20 heavy (non-hydrogen) atoms. The van der Waals surface area contributed by atoms with Crippen molar-refractivity contribution in [3.8, 4) is 5.75 Å². The Morgan fingerprint density at radius 1 is 1.35 bits per heavy atom. The van der Waals surface area contributed by atoms with Crippen LogP contribution in [0, 0.1) is 5.82 Å². The van der Waals surface area contributed by atoms with E-state index in [0.717, 1.165) is 30.8 Å². The van der Waals surface area contributed by atoms with Crippen molar-refractivity contribution in [2.75, 3.05) is 6.54 Å². The smallest absolute Gasteiger partial charge is 0.146 e. The maximum absolute atomic E-state index is 13.2. The molecule has 0 unspecified atom stereocenters. The molecule has 0 aliphatic heterocycles. The van der Waals surface area contributed by atoms with Crippen molar-refractivity contribution in [1.29, 1.82) is 0 Å². The molecule has 1 aromatic carbocycles. The SMILES string of the molecule is CCCNCc1ccoc1COc1cc(F)cc(Br)c1. The van der Waals surface area contributed by atoms with Crippen LogP contribution >= 0.6 is 15.9 Å². The van der Waals surface area contributed by atoms with Gasteiger partial charge in [0.1, 0.15) is 23.9 Å². The van der Waals surface area contributed by atoms with Gasteiger partial charge in [-0.25, -0.2) is 4.39 Å². The molecule has 5 heteroatoms. The van der Waals surface area contributed by atoms with E-state index in [1.165, 1.54) is 12.1 Å². The minimum Gasteiger partial charge on any atom is -0.486 e. The molecule has 0 aliphatic carbocycles. The van der Waals surface area contributed by atoms with Crippen LogP contribution in [0.3, 0.4) is 0 Å². The van der Waals surface area contributed by atoms with Crippen LogP contribution in [0.25, 0.3) is 0 Å². The zero-order valence-corrected chi connectivity index (χ0v) is 12.9. The molecular formula is C15H17BrFNO2. The molecule has 1 N–H and O–H groups in total. The quantitative estimate of drug-likeness (QED) is 0.764. The number of nitrogens with one attached hydrogen (secondary N) is 1. The van der Waals surface area contributed by atoms with Gasteiger partial charge in [-0.2, -0.15) is 0 Å². The van der Waals surface area contributed by atoms with Gasteiger partial charge in [-0.05, 0) is 31.2 Å². The minimum atomic E-state index is -0.335. The maximum Gasteiger partial charge on any atom is 0.146 e. The van der Waals surface area contributed by atoms with E-state index in [1.807, 2.05) is 6.07 Å². The van der Waals surface area contributed by atoms with Gasteiger partial charge in [0.05, 0.1) is 6.26 Å². The predicted molar refractivity (Wildman–Crippen MR) is 79.1 cm³/mol. The van der Waals surface area contributed by atoms with Crippen molar-refractivity contribution in [1.82, 2.24) is 5.32 Å². The molecule has 2 aromatic rings. The van der Waals surface area contributed by atoms with Crippen LogP contribution in [0.2, 0.25) is 0 Å². The fraction of sp³-hybridized carbons (Fsp3) is 0.333. The molecular weight excluding hydrogens is 325 g/mol. The Morgan fingerprint density at radius 2 is 2.20 bits per heavy atom. The van der Waals surface area contributed by atoms with Gasteiger partial charge in [0.2, 0.25) is 0 Å². The molecule has 0 amide bonds. The number of rotatable bonds is 7. The lowest BCUT2D eigenvalue weighted by molar-refractivity contribution is 0.267. The van der Waals surface area contributed by atoms with Crippen molar-refractivity contribution in [2.24, 2.45) is 0 Å². The van der Waals surface area contributed by atoms with Gasteiger partial charge < -0.3 is 14.5 Å². The molecule has 0 fully saturated rings. The zero-order chi connectivity index (χ0) is 14.4. The largest absolute Gasteiger partial charge is 0.486 e. The summed E-state index contributed by atoms with van der Waals surface area (Å²) in [5.74, 6) is 0.897. The van der Waals surface area contributed by atoms with Crippen molar-refractivity contribution in [3.05, 3.63) is 52.1 Å². The lowest BCUT2D eigenvalue weighted by atomic mass is 10.2. The van der Waals surface area contributed by atoms with Crippen molar-refractivity contribution < 1.29 is 13.5 Å². The van der Waals surface area contributed by atoms with Gasteiger partial charge in [0.15, 0.2) is 0 Å². The zero-order valence-electron chi connectivity index (χ0n) is 11.3. The highest BCUT2D eigenvalue weighted by Gasteiger charge is 2.08. The Morgan fingerprint density at radius 3 is 2.95 bits per heavy atom. The molecule has 1 heterocycles. The van der Waals surface area contributed by atoms with Crippen LogP contribution in [-0.2, 0) is 13.2 Å². The number of hydrogen-bond donors (Lipinski definition) is 1. The molecule has 0 atom stereocenters. The summed E-state index contributed by atoms with van der Waals surface area (Å²) in [4.78, 5) is 0. The summed E-state index contributed by atoms with van der Waals surface area (Å²) in [6.45, 7) is 4.11. The highest BCUT2D eigenvalue weighted by molar-refractivity contribution is 9.10. The van der Waals surface area contributed by atoms with Crippen molar-refractivity contribution >= 4 is 15.9 Å². The van der Waals surface area contributed by atoms with Crippen molar-refractivity contribution in [2.45, 2.75) is 26.5 Å². The summed E-state index contributed by atoms with van der Waals surface area (Å²) in [6, 6.07) is 6.38.